The Morgan fingerprint density at radius 3 is 2.92 bits per heavy atom. The first-order valence-electron chi connectivity index (χ1n) is 4.82. The first-order chi connectivity index (χ1) is 6.24. The first-order valence-corrected chi connectivity index (χ1v) is 4.82. The highest BCUT2D eigenvalue weighted by molar-refractivity contribution is 4.93. The Morgan fingerprint density at radius 2 is 2.38 bits per heavy atom. The van der Waals surface area contributed by atoms with Crippen LogP contribution in [0.2, 0.25) is 0 Å². The van der Waals surface area contributed by atoms with Crippen molar-refractivity contribution in [2.45, 2.75) is 32.4 Å². The van der Waals surface area contributed by atoms with Crippen LogP contribution in [0, 0.1) is 5.92 Å². The van der Waals surface area contributed by atoms with Crippen LogP contribution in [0.25, 0.3) is 0 Å². The highest BCUT2D eigenvalue weighted by atomic mass is 15.4. The predicted molar refractivity (Wildman–Crippen MR) is 50.0 cm³/mol. The maximum Gasteiger partial charge on any atom is 0.0964 e. The summed E-state index contributed by atoms with van der Waals surface area (Å²) >= 11 is 0. The van der Waals surface area contributed by atoms with Gasteiger partial charge in [0.05, 0.1) is 5.69 Å². The minimum absolute atomic E-state index is 0.706. The molecule has 2 rings (SSSR count). The second-order valence-corrected chi connectivity index (χ2v) is 4.04. The Kier molecular flexibility index (Phi) is 2.31. The van der Waals surface area contributed by atoms with Gasteiger partial charge in [-0.3, -0.25) is 4.68 Å². The topological polar surface area (TPSA) is 42.7 Å². The van der Waals surface area contributed by atoms with Gasteiger partial charge in [-0.1, -0.05) is 12.1 Å². The molecule has 0 unspecified atom stereocenters. The Morgan fingerprint density at radius 1 is 1.62 bits per heavy atom. The highest BCUT2D eigenvalue weighted by Gasteiger charge is 2.24. The summed E-state index contributed by atoms with van der Waals surface area (Å²) < 4.78 is 1.74. The van der Waals surface area contributed by atoms with Gasteiger partial charge in [0.25, 0.3) is 0 Å². The molecule has 0 atom stereocenters. The summed E-state index contributed by atoms with van der Waals surface area (Å²) in [6.45, 7) is 3.14. The quantitative estimate of drug-likeness (QED) is 0.744. The van der Waals surface area contributed by atoms with E-state index in [2.05, 4.69) is 22.6 Å². The van der Waals surface area contributed by atoms with Crippen molar-refractivity contribution >= 4 is 0 Å². The molecule has 0 radical (unpaired) electrons. The van der Waals surface area contributed by atoms with Gasteiger partial charge in [0.2, 0.25) is 0 Å². The third-order valence-electron chi connectivity index (χ3n) is 2.60. The molecule has 13 heavy (non-hydrogen) atoms. The minimum atomic E-state index is 0.706. The van der Waals surface area contributed by atoms with Crippen molar-refractivity contribution in [2.24, 2.45) is 13.0 Å². The van der Waals surface area contributed by atoms with Gasteiger partial charge in [0.1, 0.15) is 0 Å². The molecule has 0 bridgehead atoms. The Bertz CT molecular complexity index is 275. The van der Waals surface area contributed by atoms with Crippen molar-refractivity contribution in [3.8, 4) is 0 Å². The molecule has 4 nitrogen and oxygen atoms in total. The lowest BCUT2D eigenvalue weighted by molar-refractivity contribution is 0.239. The third-order valence-corrected chi connectivity index (χ3v) is 2.60. The first kappa shape index (κ1) is 8.69. The number of rotatable bonds is 3. The van der Waals surface area contributed by atoms with E-state index in [1.807, 2.05) is 13.2 Å². The van der Waals surface area contributed by atoms with Gasteiger partial charge in [-0.05, 0) is 18.8 Å². The molecule has 0 aromatic carbocycles. The fourth-order valence-corrected chi connectivity index (χ4v) is 1.79. The zero-order valence-corrected chi connectivity index (χ0v) is 8.20. The number of aromatic nitrogens is 3. The Balaban J connectivity index is 1.74. The van der Waals surface area contributed by atoms with Gasteiger partial charge < -0.3 is 5.32 Å². The molecule has 0 amide bonds. The van der Waals surface area contributed by atoms with E-state index in [4.69, 9.17) is 0 Å². The van der Waals surface area contributed by atoms with Crippen LogP contribution in [0.1, 0.15) is 25.5 Å². The van der Waals surface area contributed by atoms with Crippen LogP contribution in [-0.4, -0.2) is 21.0 Å². The summed E-state index contributed by atoms with van der Waals surface area (Å²) in [5, 5.41) is 11.4. The maximum absolute atomic E-state index is 4.02. The van der Waals surface area contributed by atoms with Gasteiger partial charge in [0.15, 0.2) is 0 Å². The molecule has 1 N–H and O–H groups in total. The summed E-state index contributed by atoms with van der Waals surface area (Å²) in [7, 11) is 1.89. The summed E-state index contributed by atoms with van der Waals surface area (Å²) in [5.41, 5.74) is 1.03. The molecule has 1 heterocycles. The van der Waals surface area contributed by atoms with Crippen LogP contribution in [-0.2, 0) is 13.6 Å². The van der Waals surface area contributed by atoms with E-state index in [1.54, 1.807) is 4.68 Å². The number of hydrogen-bond donors (Lipinski definition) is 1. The predicted octanol–water partition coefficient (Wildman–Crippen LogP) is 0.703. The maximum atomic E-state index is 4.02. The van der Waals surface area contributed by atoms with Crippen molar-refractivity contribution in [1.82, 2.24) is 20.3 Å². The summed E-state index contributed by atoms with van der Waals surface area (Å²) in [5.74, 6) is 0.902. The van der Waals surface area contributed by atoms with Crippen LogP contribution >= 0.6 is 0 Å². The molecular formula is C9H16N4. The van der Waals surface area contributed by atoms with Crippen LogP contribution in [0.3, 0.4) is 0 Å². The molecule has 4 heteroatoms. The summed E-state index contributed by atoms with van der Waals surface area (Å²) in [4.78, 5) is 0. The van der Waals surface area contributed by atoms with E-state index in [1.165, 1.54) is 12.8 Å². The Labute approximate surface area is 78.3 Å². The summed E-state index contributed by atoms with van der Waals surface area (Å²) in [6, 6.07) is 0.706. The zero-order chi connectivity index (χ0) is 9.26. The average molecular weight is 180 g/mol. The van der Waals surface area contributed by atoms with Crippen molar-refractivity contribution in [1.29, 1.82) is 0 Å². The van der Waals surface area contributed by atoms with Gasteiger partial charge in [-0.2, -0.15) is 0 Å². The van der Waals surface area contributed by atoms with Crippen molar-refractivity contribution in [3.05, 3.63) is 11.9 Å². The van der Waals surface area contributed by atoms with E-state index >= 15 is 0 Å². The van der Waals surface area contributed by atoms with E-state index < -0.39 is 0 Å². The monoisotopic (exact) mass is 180 g/mol. The van der Waals surface area contributed by atoms with Gasteiger partial charge >= 0.3 is 0 Å². The number of nitrogens with zero attached hydrogens (tertiary/aromatic N) is 3. The molecule has 1 aromatic heterocycles. The fraction of sp³-hybridized carbons (Fsp3) is 0.778. The SMILES string of the molecule is CC1CC(NCc2cn(C)nn2)C1. The molecular weight excluding hydrogens is 164 g/mol. The molecule has 1 saturated carbocycles. The molecule has 0 spiro atoms. The van der Waals surface area contributed by atoms with Crippen molar-refractivity contribution in [2.75, 3.05) is 0 Å². The second-order valence-electron chi connectivity index (χ2n) is 4.04. The molecule has 0 aliphatic heterocycles. The molecule has 1 aliphatic rings. The normalized spacial score (nSPS) is 27.2. The van der Waals surface area contributed by atoms with Crippen LogP contribution < -0.4 is 5.32 Å². The van der Waals surface area contributed by atoms with Gasteiger partial charge in [0, 0.05) is 25.8 Å². The molecule has 72 valence electrons. The number of nitrogens with one attached hydrogen (secondary N) is 1. The molecule has 1 aliphatic carbocycles. The van der Waals surface area contributed by atoms with Crippen LogP contribution in [0.4, 0.5) is 0 Å². The van der Waals surface area contributed by atoms with Gasteiger partial charge in [-0.25, -0.2) is 0 Å². The third kappa shape index (κ3) is 2.06. The Hall–Kier alpha value is -0.900. The van der Waals surface area contributed by atoms with Crippen LogP contribution in [0.15, 0.2) is 6.20 Å². The van der Waals surface area contributed by atoms with Crippen molar-refractivity contribution < 1.29 is 0 Å². The van der Waals surface area contributed by atoms with E-state index in [9.17, 15) is 0 Å². The molecule has 1 fully saturated rings. The van der Waals surface area contributed by atoms with E-state index in [-0.39, 0.29) is 0 Å². The average Bonchev–Trinajstić information content (AvgIpc) is 2.43. The number of aryl methyl sites for hydroxylation is 1. The standard InChI is InChI=1S/C9H16N4/c1-7-3-8(4-7)10-5-9-6-13(2)12-11-9/h6-8,10H,3-5H2,1-2H3. The summed E-state index contributed by atoms with van der Waals surface area (Å²) in [6.07, 6.45) is 4.57. The fourth-order valence-electron chi connectivity index (χ4n) is 1.79. The molecule has 0 saturated heterocycles. The minimum Gasteiger partial charge on any atom is -0.308 e. The van der Waals surface area contributed by atoms with Crippen molar-refractivity contribution in [3.63, 3.8) is 0 Å². The van der Waals surface area contributed by atoms with Crippen LogP contribution in [0.5, 0.6) is 0 Å². The van der Waals surface area contributed by atoms with E-state index in [0.29, 0.717) is 6.04 Å². The number of hydrogen-bond acceptors (Lipinski definition) is 3. The largest absolute Gasteiger partial charge is 0.308 e. The van der Waals surface area contributed by atoms with Gasteiger partial charge in [-0.15, -0.1) is 5.10 Å². The second kappa shape index (κ2) is 3.46. The lowest BCUT2D eigenvalue weighted by Gasteiger charge is -2.33. The van der Waals surface area contributed by atoms with E-state index in [0.717, 1.165) is 18.2 Å². The molecule has 1 aromatic rings. The lowest BCUT2D eigenvalue weighted by atomic mass is 9.82. The lowest BCUT2D eigenvalue weighted by Crippen LogP contribution is -2.39. The zero-order valence-electron chi connectivity index (χ0n) is 8.20. The highest BCUT2D eigenvalue weighted by Crippen LogP contribution is 2.26. The smallest absolute Gasteiger partial charge is 0.0964 e.